The minimum Gasteiger partial charge on any atom is -0.337 e. The van der Waals surface area contributed by atoms with Gasteiger partial charge in [-0.05, 0) is 42.0 Å². The largest absolute Gasteiger partial charge is 0.337 e. The van der Waals surface area contributed by atoms with Crippen molar-refractivity contribution in [2.24, 2.45) is 0 Å². The molecule has 152 valence electrons. The number of nitrogens with zero attached hydrogens (tertiary/aromatic N) is 2. The topological polar surface area (TPSA) is 74.3 Å². The molecule has 0 aliphatic carbocycles. The van der Waals surface area contributed by atoms with Crippen molar-refractivity contribution in [3.8, 4) is 0 Å². The number of amides is 3. The molecule has 0 saturated heterocycles. The Morgan fingerprint density at radius 2 is 1.97 bits per heavy atom. The number of pyridine rings is 1. The van der Waals surface area contributed by atoms with Crippen LogP contribution in [-0.2, 0) is 4.79 Å². The van der Waals surface area contributed by atoms with Crippen molar-refractivity contribution in [2.75, 3.05) is 25.0 Å². The second-order valence-electron chi connectivity index (χ2n) is 7.40. The highest BCUT2D eigenvalue weighted by atomic mass is 16.2. The van der Waals surface area contributed by atoms with E-state index in [-0.39, 0.29) is 18.5 Å². The van der Waals surface area contributed by atoms with Gasteiger partial charge in [0, 0.05) is 42.1 Å². The summed E-state index contributed by atoms with van der Waals surface area (Å²) in [5, 5.41) is 7.67. The Labute approximate surface area is 175 Å². The number of aromatic nitrogens is 1. The van der Waals surface area contributed by atoms with Crippen LogP contribution < -0.4 is 10.6 Å². The predicted octanol–water partition coefficient (Wildman–Crippen LogP) is 3.98. The minimum absolute atomic E-state index is 0.0311. The van der Waals surface area contributed by atoms with Gasteiger partial charge < -0.3 is 15.5 Å². The summed E-state index contributed by atoms with van der Waals surface area (Å²) in [4.78, 5) is 30.7. The third-order valence-corrected chi connectivity index (χ3v) is 5.25. The summed E-state index contributed by atoms with van der Waals surface area (Å²) in [6, 6.07) is 15.3. The minimum atomic E-state index is -0.385. The highest BCUT2D eigenvalue weighted by molar-refractivity contribution is 5.94. The summed E-state index contributed by atoms with van der Waals surface area (Å²) in [6.45, 7) is 3.07. The smallest absolute Gasteiger partial charge is 0.319 e. The van der Waals surface area contributed by atoms with E-state index in [0.29, 0.717) is 18.8 Å². The van der Waals surface area contributed by atoms with Crippen LogP contribution in [0.2, 0.25) is 0 Å². The van der Waals surface area contributed by atoms with E-state index >= 15 is 0 Å². The van der Waals surface area contributed by atoms with E-state index in [2.05, 4.69) is 33.8 Å². The van der Waals surface area contributed by atoms with E-state index < -0.39 is 0 Å². The molecule has 0 unspecified atom stereocenters. The average Bonchev–Trinajstić information content (AvgIpc) is 2.77. The van der Waals surface area contributed by atoms with Crippen molar-refractivity contribution in [1.82, 2.24) is 15.2 Å². The molecule has 0 bridgehead atoms. The molecule has 0 fully saturated rings. The quantitative estimate of drug-likeness (QED) is 0.696. The molecule has 0 spiro atoms. The van der Waals surface area contributed by atoms with Crippen molar-refractivity contribution in [3.05, 3.63) is 78.1 Å². The summed E-state index contributed by atoms with van der Waals surface area (Å²) >= 11 is 0. The number of nitrogens with one attached hydrogen (secondary N) is 2. The molecule has 6 heteroatoms. The summed E-state index contributed by atoms with van der Waals surface area (Å²) in [5.74, 6) is -0.0965. The molecule has 3 aromatic rings. The molecule has 6 nitrogen and oxygen atoms in total. The van der Waals surface area contributed by atoms with E-state index in [0.717, 1.165) is 22.9 Å². The fraction of sp³-hybridized carbons (Fsp3) is 0.208. The first-order valence-corrected chi connectivity index (χ1v) is 10.0. The highest BCUT2D eigenvalue weighted by Crippen LogP contribution is 2.28. The lowest BCUT2D eigenvalue weighted by Gasteiger charge is -2.27. The zero-order valence-corrected chi connectivity index (χ0v) is 16.9. The third-order valence-electron chi connectivity index (χ3n) is 5.25. The van der Waals surface area contributed by atoms with Gasteiger partial charge in [-0.3, -0.25) is 9.78 Å². The SMILES string of the molecule is Cc1cccc(NC(=O)NCC(=O)N2CC=C(c3cncc4ccccc34)CC2)c1. The first kappa shape index (κ1) is 19.6. The van der Waals surface area contributed by atoms with Gasteiger partial charge >= 0.3 is 6.03 Å². The number of urea groups is 1. The monoisotopic (exact) mass is 400 g/mol. The second kappa shape index (κ2) is 8.78. The van der Waals surface area contributed by atoms with Crippen LogP contribution in [0.15, 0.2) is 67.0 Å². The number of carbonyl (C=O) groups excluding carboxylic acids is 2. The van der Waals surface area contributed by atoms with Gasteiger partial charge in [0.2, 0.25) is 5.91 Å². The lowest BCUT2D eigenvalue weighted by atomic mass is 9.96. The molecule has 2 aromatic carbocycles. The van der Waals surface area contributed by atoms with Crippen molar-refractivity contribution < 1.29 is 9.59 Å². The van der Waals surface area contributed by atoms with Gasteiger partial charge in [0.05, 0.1) is 6.54 Å². The maximum atomic E-state index is 12.5. The molecule has 1 aliphatic heterocycles. The molecule has 30 heavy (non-hydrogen) atoms. The lowest BCUT2D eigenvalue weighted by Crippen LogP contribution is -2.43. The van der Waals surface area contributed by atoms with E-state index in [1.54, 1.807) is 4.90 Å². The molecule has 4 rings (SSSR count). The Balaban J connectivity index is 1.33. The Morgan fingerprint density at radius 3 is 2.77 bits per heavy atom. The molecule has 1 aromatic heterocycles. The zero-order chi connectivity index (χ0) is 20.9. The van der Waals surface area contributed by atoms with Crippen molar-refractivity contribution in [3.63, 3.8) is 0 Å². The Hall–Kier alpha value is -3.67. The zero-order valence-electron chi connectivity index (χ0n) is 16.9. The van der Waals surface area contributed by atoms with Crippen LogP contribution in [0.3, 0.4) is 0 Å². The first-order valence-electron chi connectivity index (χ1n) is 10.0. The van der Waals surface area contributed by atoms with Gasteiger partial charge in [0.15, 0.2) is 0 Å². The normalized spacial score (nSPS) is 13.6. The molecule has 1 aliphatic rings. The Kier molecular flexibility index (Phi) is 5.75. The molecule has 0 saturated carbocycles. The number of hydrogen-bond donors (Lipinski definition) is 2. The number of hydrogen-bond acceptors (Lipinski definition) is 3. The molecule has 3 amide bonds. The van der Waals surface area contributed by atoms with E-state index in [4.69, 9.17) is 0 Å². The number of anilines is 1. The summed E-state index contributed by atoms with van der Waals surface area (Å²) < 4.78 is 0. The number of fused-ring (bicyclic) bond motifs is 1. The highest BCUT2D eigenvalue weighted by Gasteiger charge is 2.19. The van der Waals surface area contributed by atoms with Crippen LogP contribution in [-0.4, -0.2) is 41.5 Å². The fourth-order valence-corrected chi connectivity index (χ4v) is 3.68. The second-order valence-corrected chi connectivity index (χ2v) is 7.40. The van der Waals surface area contributed by atoms with Crippen LogP contribution in [0.5, 0.6) is 0 Å². The standard InChI is InChI=1S/C24H24N4O2/c1-17-5-4-7-20(13-17)27-24(30)26-16-23(29)28-11-9-18(10-12-28)22-15-25-14-19-6-2-3-8-21(19)22/h2-9,13-15H,10-12,16H2,1H3,(H2,26,27,30). The molecule has 2 heterocycles. The van der Waals surface area contributed by atoms with Crippen LogP contribution in [0.4, 0.5) is 10.5 Å². The number of carbonyl (C=O) groups is 2. The Morgan fingerprint density at radius 1 is 1.10 bits per heavy atom. The molecular weight excluding hydrogens is 376 g/mol. The maximum absolute atomic E-state index is 12.5. The predicted molar refractivity (Wildman–Crippen MR) is 119 cm³/mol. The fourth-order valence-electron chi connectivity index (χ4n) is 3.68. The van der Waals surface area contributed by atoms with E-state index in [1.807, 2.05) is 55.7 Å². The van der Waals surface area contributed by atoms with Gasteiger partial charge in [-0.2, -0.15) is 0 Å². The van der Waals surface area contributed by atoms with E-state index in [9.17, 15) is 9.59 Å². The van der Waals surface area contributed by atoms with Gasteiger partial charge in [-0.25, -0.2) is 4.79 Å². The van der Waals surface area contributed by atoms with Crippen LogP contribution in [0.25, 0.3) is 16.3 Å². The van der Waals surface area contributed by atoms with Gasteiger partial charge in [-0.1, -0.05) is 42.5 Å². The molecular formula is C24H24N4O2. The lowest BCUT2D eigenvalue weighted by molar-refractivity contribution is -0.129. The molecule has 0 atom stereocenters. The summed E-state index contributed by atoms with van der Waals surface area (Å²) in [7, 11) is 0. The van der Waals surface area contributed by atoms with E-state index in [1.165, 1.54) is 11.0 Å². The Bertz CT molecular complexity index is 1120. The number of rotatable bonds is 4. The van der Waals surface area contributed by atoms with Crippen molar-refractivity contribution in [1.29, 1.82) is 0 Å². The first-order chi connectivity index (χ1) is 14.6. The van der Waals surface area contributed by atoms with Gasteiger partial charge in [-0.15, -0.1) is 0 Å². The van der Waals surface area contributed by atoms with Crippen LogP contribution in [0.1, 0.15) is 17.5 Å². The average molecular weight is 400 g/mol. The molecule has 0 radical (unpaired) electrons. The number of benzene rings is 2. The number of aryl methyl sites for hydroxylation is 1. The van der Waals surface area contributed by atoms with Crippen molar-refractivity contribution >= 4 is 34.0 Å². The summed E-state index contributed by atoms with van der Waals surface area (Å²) in [6.07, 6.45) is 6.60. The maximum Gasteiger partial charge on any atom is 0.319 e. The summed E-state index contributed by atoms with van der Waals surface area (Å²) in [5.41, 5.74) is 4.08. The van der Waals surface area contributed by atoms with Gasteiger partial charge in [0.1, 0.15) is 0 Å². The van der Waals surface area contributed by atoms with Crippen LogP contribution >= 0.6 is 0 Å². The van der Waals surface area contributed by atoms with Crippen molar-refractivity contribution in [2.45, 2.75) is 13.3 Å². The molecule has 2 N–H and O–H groups in total. The van der Waals surface area contributed by atoms with Crippen LogP contribution in [0, 0.1) is 6.92 Å². The third kappa shape index (κ3) is 4.49. The van der Waals surface area contributed by atoms with Gasteiger partial charge in [0.25, 0.3) is 0 Å².